The molecule has 22 heavy (non-hydrogen) atoms. The lowest BCUT2D eigenvalue weighted by Gasteiger charge is -2.37. The third kappa shape index (κ3) is 3.44. The quantitative estimate of drug-likeness (QED) is 0.724. The number of halogens is 4. The first kappa shape index (κ1) is 17.2. The van der Waals surface area contributed by atoms with Crippen molar-refractivity contribution in [3.63, 3.8) is 0 Å². The van der Waals surface area contributed by atoms with E-state index >= 15 is 0 Å². The molecule has 2 heterocycles. The summed E-state index contributed by atoms with van der Waals surface area (Å²) in [4.78, 5) is 8.90. The van der Waals surface area contributed by atoms with Gasteiger partial charge in [-0.1, -0.05) is 28.1 Å². The van der Waals surface area contributed by atoms with E-state index < -0.39 is 12.1 Å². The summed E-state index contributed by atoms with van der Waals surface area (Å²) in [5.74, 6) is -2.26. The van der Waals surface area contributed by atoms with Crippen LogP contribution in [0.4, 0.5) is 13.2 Å². The maximum Gasteiger partial charge on any atom is 0.490 e. The molecule has 0 aliphatic carbocycles. The van der Waals surface area contributed by atoms with Crippen molar-refractivity contribution in [1.29, 1.82) is 0 Å². The number of fused-ring (bicyclic) bond motifs is 3. The van der Waals surface area contributed by atoms with Crippen molar-refractivity contribution in [2.75, 3.05) is 13.1 Å². The van der Waals surface area contributed by atoms with Gasteiger partial charge in [0.1, 0.15) is 0 Å². The number of alkyl halides is 3. The molecule has 0 amide bonds. The minimum Gasteiger partial charge on any atom is -0.475 e. The number of carboxylic acid groups (broad SMARTS) is 1. The molecule has 2 aliphatic heterocycles. The van der Waals surface area contributed by atoms with Crippen LogP contribution >= 0.6 is 15.9 Å². The summed E-state index contributed by atoms with van der Waals surface area (Å²) in [6.45, 7) is 4.93. The smallest absolute Gasteiger partial charge is 0.475 e. The highest BCUT2D eigenvalue weighted by Crippen LogP contribution is 2.42. The molecule has 0 bridgehead atoms. The maximum atomic E-state index is 10.6. The number of benzene rings is 1. The molecule has 0 unspecified atom stereocenters. The van der Waals surface area contributed by atoms with E-state index in [1.807, 2.05) is 0 Å². The number of carbonyl (C=O) groups is 1. The van der Waals surface area contributed by atoms with Gasteiger partial charge in [0.15, 0.2) is 0 Å². The van der Waals surface area contributed by atoms with Crippen LogP contribution in [0.1, 0.15) is 24.0 Å². The highest BCUT2D eigenvalue weighted by molar-refractivity contribution is 9.10. The minimum absolute atomic E-state index is 0.00616. The largest absolute Gasteiger partial charge is 0.490 e. The fourth-order valence-corrected chi connectivity index (χ4v) is 3.18. The molecule has 8 heteroatoms. The summed E-state index contributed by atoms with van der Waals surface area (Å²) in [5, 5.41) is 10.5. The lowest BCUT2D eigenvalue weighted by Crippen LogP contribution is -2.39. The second-order valence-electron chi connectivity index (χ2n) is 5.40. The van der Waals surface area contributed by atoms with E-state index in [4.69, 9.17) is 14.6 Å². The average Bonchev–Trinajstić information content (AvgIpc) is 2.81. The highest BCUT2D eigenvalue weighted by atomic mass is 79.9. The van der Waals surface area contributed by atoms with Crippen molar-refractivity contribution in [1.82, 2.24) is 5.32 Å². The van der Waals surface area contributed by atoms with Gasteiger partial charge >= 0.3 is 12.1 Å². The molecule has 0 aromatic heterocycles. The van der Waals surface area contributed by atoms with Crippen LogP contribution in [-0.4, -0.2) is 35.9 Å². The number of ether oxygens (including phenoxy) is 1. The number of carboxylic acids is 1. The van der Waals surface area contributed by atoms with Crippen LogP contribution in [0.2, 0.25) is 0 Å². The molecule has 3 rings (SSSR count). The van der Waals surface area contributed by atoms with Gasteiger partial charge in [-0.2, -0.15) is 13.2 Å². The van der Waals surface area contributed by atoms with Gasteiger partial charge in [0.05, 0.1) is 12.2 Å². The zero-order valence-electron chi connectivity index (χ0n) is 11.7. The van der Waals surface area contributed by atoms with Crippen molar-refractivity contribution in [2.45, 2.75) is 31.2 Å². The number of hydrogen-bond acceptors (Lipinski definition) is 3. The van der Waals surface area contributed by atoms with Gasteiger partial charge < -0.3 is 15.2 Å². The normalized spacial score (nSPS) is 26.5. The van der Waals surface area contributed by atoms with Gasteiger partial charge in [-0.15, -0.1) is 0 Å². The first-order valence-corrected chi connectivity index (χ1v) is 7.36. The fraction of sp³-hybridized carbons (Fsp3) is 0.500. The summed E-state index contributed by atoms with van der Waals surface area (Å²) in [6.07, 6.45) is -5.08. The summed E-state index contributed by atoms with van der Waals surface area (Å²) in [6, 6.07) is 6.44. The first-order valence-electron chi connectivity index (χ1n) is 6.57. The summed E-state index contributed by atoms with van der Waals surface area (Å²) in [5.41, 5.74) is 2.76. The van der Waals surface area contributed by atoms with Crippen molar-refractivity contribution in [3.05, 3.63) is 33.8 Å². The third-order valence-electron chi connectivity index (χ3n) is 3.88. The van der Waals surface area contributed by atoms with E-state index in [1.54, 1.807) is 0 Å². The molecular weight excluding hydrogens is 367 g/mol. The van der Waals surface area contributed by atoms with Gasteiger partial charge in [0.2, 0.25) is 0 Å². The van der Waals surface area contributed by atoms with E-state index in [0.717, 1.165) is 19.7 Å². The Kier molecular flexibility index (Phi) is 4.84. The van der Waals surface area contributed by atoms with Crippen LogP contribution < -0.4 is 5.32 Å². The molecule has 1 aromatic rings. The van der Waals surface area contributed by atoms with Crippen molar-refractivity contribution in [3.8, 4) is 0 Å². The highest BCUT2D eigenvalue weighted by Gasteiger charge is 2.44. The van der Waals surface area contributed by atoms with Crippen LogP contribution in [0.3, 0.4) is 0 Å². The molecule has 0 saturated carbocycles. The predicted molar refractivity (Wildman–Crippen MR) is 76.6 cm³/mol. The topological polar surface area (TPSA) is 58.6 Å². The Labute approximate surface area is 133 Å². The Balaban J connectivity index is 0.000000217. The fourth-order valence-electron chi connectivity index (χ4n) is 2.69. The Morgan fingerprint density at radius 1 is 1.50 bits per heavy atom. The lowest BCUT2D eigenvalue weighted by molar-refractivity contribution is -0.192. The molecule has 0 radical (unpaired) electrons. The van der Waals surface area contributed by atoms with Gasteiger partial charge in [-0.05, 0) is 24.1 Å². The zero-order chi connectivity index (χ0) is 16.5. The summed E-state index contributed by atoms with van der Waals surface area (Å²) in [7, 11) is 0. The Bertz CT molecular complexity index is 579. The SMILES string of the molecule is C[C@]12CNC[C@H]1c1cccc(Br)c1CO2.O=C(O)C(F)(F)F. The third-order valence-corrected chi connectivity index (χ3v) is 4.62. The van der Waals surface area contributed by atoms with E-state index in [0.29, 0.717) is 5.92 Å². The molecule has 122 valence electrons. The number of aliphatic carboxylic acids is 1. The van der Waals surface area contributed by atoms with Gasteiger partial charge in [0, 0.05) is 23.5 Å². The molecule has 1 aromatic carbocycles. The van der Waals surface area contributed by atoms with Crippen LogP contribution in [0, 0.1) is 0 Å². The molecule has 2 aliphatic rings. The Morgan fingerprint density at radius 2 is 2.14 bits per heavy atom. The average molecular weight is 382 g/mol. The molecule has 1 saturated heterocycles. The van der Waals surface area contributed by atoms with Crippen LogP contribution in [0.5, 0.6) is 0 Å². The molecule has 2 N–H and O–H groups in total. The van der Waals surface area contributed by atoms with Crippen LogP contribution in [0.15, 0.2) is 22.7 Å². The summed E-state index contributed by atoms with van der Waals surface area (Å²) >= 11 is 3.60. The van der Waals surface area contributed by atoms with E-state index in [2.05, 4.69) is 46.4 Å². The van der Waals surface area contributed by atoms with Gasteiger partial charge in [0.25, 0.3) is 0 Å². The van der Waals surface area contributed by atoms with E-state index in [1.165, 1.54) is 15.6 Å². The predicted octanol–water partition coefficient (Wildman–Crippen LogP) is 3.06. The number of nitrogens with one attached hydrogen (secondary N) is 1. The van der Waals surface area contributed by atoms with E-state index in [-0.39, 0.29) is 5.60 Å². The Hall–Kier alpha value is -1.12. The van der Waals surface area contributed by atoms with Gasteiger partial charge in [-0.3, -0.25) is 0 Å². The van der Waals surface area contributed by atoms with Crippen LogP contribution in [0.25, 0.3) is 0 Å². The second kappa shape index (κ2) is 6.17. The van der Waals surface area contributed by atoms with Crippen LogP contribution in [-0.2, 0) is 16.1 Å². The Morgan fingerprint density at radius 3 is 2.73 bits per heavy atom. The number of rotatable bonds is 0. The zero-order valence-corrected chi connectivity index (χ0v) is 13.3. The first-order chi connectivity index (χ1) is 10.1. The van der Waals surface area contributed by atoms with E-state index in [9.17, 15) is 13.2 Å². The standard InChI is InChI=1S/C12H14BrNO.C2HF3O2/c1-12-7-14-5-10(12)8-3-2-4-11(13)9(8)6-15-12;3-2(4,5)1(6)7/h2-4,10,14H,5-7H2,1H3;(H,6,7)/t10-,12-;/m0./s1. The molecule has 4 nitrogen and oxygen atoms in total. The van der Waals surface area contributed by atoms with Crippen molar-refractivity contribution in [2.24, 2.45) is 0 Å². The van der Waals surface area contributed by atoms with Crippen molar-refractivity contribution < 1.29 is 27.8 Å². The molecule has 0 spiro atoms. The monoisotopic (exact) mass is 381 g/mol. The summed E-state index contributed by atoms with van der Waals surface area (Å²) < 4.78 is 38.9. The molecule has 1 fully saturated rings. The van der Waals surface area contributed by atoms with Crippen molar-refractivity contribution >= 4 is 21.9 Å². The lowest BCUT2D eigenvalue weighted by atomic mass is 9.82. The second-order valence-corrected chi connectivity index (χ2v) is 6.25. The van der Waals surface area contributed by atoms with Gasteiger partial charge in [-0.25, -0.2) is 4.79 Å². The minimum atomic E-state index is -5.08. The maximum absolute atomic E-state index is 10.6. The molecular formula is C14H15BrF3NO3. The molecule has 2 atom stereocenters. The number of hydrogen-bond donors (Lipinski definition) is 2.